The molecule has 5 aromatic rings. The highest BCUT2D eigenvalue weighted by molar-refractivity contribution is 6.00. The molecule has 0 aliphatic carbocycles. The minimum absolute atomic E-state index is 0.224. The Hall–Kier alpha value is -4.91. The van der Waals surface area contributed by atoms with E-state index in [1.165, 1.54) is 0 Å². The van der Waals surface area contributed by atoms with Crippen LogP contribution in [0.1, 0.15) is 21.6 Å². The molecular weight excluding hydrogens is 464 g/mol. The number of para-hydroxylation sites is 2. The minimum atomic E-state index is -0.224. The Labute approximate surface area is 215 Å². The van der Waals surface area contributed by atoms with Gasteiger partial charge in [-0.25, -0.2) is 4.68 Å². The number of carbonyl (C=O) groups excluding carboxylic acids is 1. The molecule has 0 saturated carbocycles. The van der Waals surface area contributed by atoms with Crippen molar-refractivity contribution in [3.05, 3.63) is 126 Å². The van der Waals surface area contributed by atoms with Crippen LogP contribution in [-0.4, -0.2) is 27.8 Å². The highest BCUT2D eigenvalue weighted by atomic mass is 16.5. The molecule has 0 unspecified atom stereocenters. The van der Waals surface area contributed by atoms with Crippen molar-refractivity contribution in [2.45, 2.75) is 13.2 Å². The van der Waals surface area contributed by atoms with Crippen molar-refractivity contribution in [1.29, 1.82) is 0 Å². The van der Waals surface area contributed by atoms with Gasteiger partial charge in [0.15, 0.2) is 0 Å². The molecule has 0 bridgehead atoms. The Balaban J connectivity index is 1.32. The number of ether oxygens (including phenoxy) is 2. The van der Waals surface area contributed by atoms with Gasteiger partial charge in [-0.2, -0.15) is 5.10 Å². The molecule has 2 heterocycles. The average molecular weight is 491 g/mol. The van der Waals surface area contributed by atoms with Gasteiger partial charge in [0.1, 0.15) is 23.8 Å². The number of methoxy groups -OCH3 is 1. The monoisotopic (exact) mass is 490 g/mol. The lowest BCUT2D eigenvalue weighted by molar-refractivity contribution is 0.0951. The van der Waals surface area contributed by atoms with Gasteiger partial charge in [0.2, 0.25) is 0 Å². The summed E-state index contributed by atoms with van der Waals surface area (Å²) < 4.78 is 13.1. The van der Waals surface area contributed by atoms with Gasteiger partial charge in [-0.05, 0) is 54.1 Å². The molecule has 2 aromatic heterocycles. The van der Waals surface area contributed by atoms with Crippen LogP contribution in [-0.2, 0) is 13.2 Å². The second kappa shape index (κ2) is 11.2. The quantitative estimate of drug-likeness (QED) is 0.297. The fourth-order valence-electron chi connectivity index (χ4n) is 3.91. The Morgan fingerprint density at radius 1 is 0.892 bits per heavy atom. The minimum Gasteiger partial charge on any atom is -0.496 e. The maximum absolute atomic E-state index is 13.3. The third-order valence-electron chi connectivity index (χ3n) is 5.83. The SMILES string of the molecule is COc1ccccc1-c1nn(-c2ccccc2)cc1C(=O)NCc1ccc(OCc2ccccn2)cc1. The Bertz CT molecular complexity index is 1470. The number of hydrogen-bond donors (Lipinski definition) is 1. The molecule has 7 nitrogen and oxygen atoms in total. The molecule has 0 fully saturated rings. The summed E-state index contributed by atoms with van der Waals surface area (Å²) in [7, 11) is 1.61. The van der Waals surface area contributed by atoms with Crippen molar-refractivity contribution in [2.24, 2.45) is 0 Å². The van der Waals surface area contributed by atoms with E-state index in [0.29, 0.717) is 30.2 Å². The standard InChI is InChI=1S/C30H26N4O3/c1-36-28-13-6-5-12-26(28)29-27(20-34(33-29)24-10-3-2-4-11-24)30(35)32-19-22-14-16-25(17-15-22)37-21-23-9-7-8-18-31-23/h2-18,20H,19,21H2,1H3,(H,32,35). The lowest BCUT2D eigenvalue weighted by Gasteiger charge is -2.09. The van der Waals surface area contributed by atoms with Crippen molar-refractivity contribution in [3.63, 3.8) is 0 Å². The van der Waals surface area contributed by atoms with Gasteiger partial charge in [0, 0.05) is 24.5 Å². The molecular formula is C30H26N4O3. The van der Waals surface area contributed by atoms with Crippen molar-refractivity contribution in [1.82, 2.24) is 20.1 Å². The summed E-state index contributed by atoms with van der Waals surface area (Å²) >= 11 is 0. The molecule has 0 aliphatic heterocycles. The number of pyridine rings is 1. The van der Waals surface area contributed by atoms with E-state index < -0.39 is 0 Å². The molecule has 0 aliphatic rings. The van der Waals surface area contributed by atoms with E-state index in [2.05, 4.69) is 10.3 Å². The van der Waals surface area contributed by atoms with Crippen LogP contribution in [0.2, 0.25) is 0 Å². The maximum Gasteiger partial charge on any atom is 0.255 e. The van der Waals surface area contributed by atoms with E-state index in [-0.39, 0.29) is 5.91 Å². The second-order valence-corrected chi connectivity index (χ2v) is 8.31. The fourth-order valence-corrected chi connectivity index (χ4v) is 3.91. The topological polar surface area (TPSA) is 78.3 Å². The second-order valence-electron chi connectivity index (χ2n) is 8.31. The van der Waals surface area contributed by atoms with Crippen molar-refractivity contribution in [3.8, 4) is 28.4 Å². The number of nitrogens with one attached hydrogen (secondary N) is 1. The first-order valence-corrected chi connectivity index (χ1v) is 11.9. The van der Waals surface area contributed by atoms with Gasteiger partial charge in [-0.1, -0.05) is 48.5 Å². The Kier molecular flexibility index (Phi) is 7.22. The van der Waals surface area contributed by atoms with Crippen molar-refractivity contribution < 1.29 is 14.3 Å². The van der Waals surface area contributed by atoms with Crippen LogP contribution in [0.3, 0.4) is 0 Å². The van der Waals surface area contributed by atoms with Crippen LogP contribution in [0.4, 0.5) is 0 Å². The van der Waals surface area contributed by atoms with Crippen LogP contribution < -0.4 is 14.8 Å². The predicted molar refractivity (Wildman–Crippen MR) is 142 cm³/mol. The van der Waals surface area contributed by atoms with Gasteiger partial charge in [-0.15, -0.1) is 0 Å². The van der Waals surface area contributed by atoms with Crippen molar-refractivity contribution >= 4 is 5.91 Å². The zero-order valence-electron chi connectivity index (χ0n) is 20.4. The lowest BCUT2D eigenvalue weighted by atomic mass is 10.1. The number of aromatic nitrogens is 3. The smallest absolute Gasteiger partial charge is 0.255 e. The summed E-state index contributed by atoms with van der Waals surface area (Å²) in [4.78, 5) is 17.6. The van der Waals surface area contributed by atoms with Gasteiger partial charge >= 0.3 is 0 Å². The summed E-state index contributed by atoms with van der Waals surface area (Å²) in [6, 6.07) is 30.6. The molecule has 0 spiro atoms. The average Bonchev–Trinajstić information content (AvgIpc) is 3.42. The van der Waals surface area contributed by atoms with E-state index in [9.17, 15) is 4.79 Å². The zero-order chi connectivity index (χ0) is 25.5. The summed E-state index contributed by atoms with van der Waals surface area (Å²) in [5.41, 5.74) is 4.44. The molecule has 7 heteroatoms. The van der Waals surface area contributed by atoms with Gasteiger partial charge in [0.25, 0.3) is 5.91 Å². The Morgan fingerprint density at radius 3 is 2.41 bits per heavy atom. The summed E-state index contributed by atoms with van der Waals surface area (Å²) in [5.74, 6) is 1.16. The molecule has 0 saturated heterocycles. The van der Waals surface area contributed by atoms with Crippen LogP contribution in [0.5, 0.6) is 11.5 Å². The summed E-state index contributed by atoms with van der Waals surface area (Å²) in [6.07, 6.45) is 3.49. The van der Waals surface area contributed by atoms with Crippen molar-refractivity contribution in [2.75, 3.05) is 7.11 Å². The molecule has 3 aromatic carbocycles. The van der Waals surface area contributed by atoms with Crippen LogP contribution >= 0.6 is 0 Å². The summed E-state index contributed by atoms with van der Waals surface area (Å²) in [5, 5.41) is 7.77. The van der Waals surface area contributed by atoms with Gasteiger partial charge in [0.05, 0.1) is 24.1 Å². The molecule has 1 N–H and O–H groups in total. The molecule has 184 valence electrons. The molecule has 1 amide bonds. The van der Waals surface area contributed by atoms with Gasteiger partial charge in [-0.3, -0.25) is 9.78 Å². The van der Waals surface area contributed by atoms with Crippen LogP contribution in [0.25, 0.3) is 16.9 Å². The third kappa shape index (κ3) is 5.67. The molecule has 5 rings (SSSR count). The number of nitrogens with zero attached hydrogens (tertiary/aromatic N) is 3. The largest absolute Gasteiger partial charge is 0.496 e. The first kappa shape index (κ1) is 23.8. The highest BCUT2D eigenvalue weighted by Gasteiger charge is 2.21. The van der Waals surface area contributed by atoms with E-state index in [1.54, 1.807) is 24.2 Å². The van der Waals surface area contributed by atoms with Crippen LogP contribution in [0.15, 0.2) is 109 Å². The van der Waals surface area contributed by atoms with Gasteiger partial charge < -0.3 is 14.8 Å². The number of benzene rings is 3. The highest BCUT2D eigenvalue weighted by Crippen LogP contribution is 2.31. The summed E-state index contributed by atoms with van der Waals surface area (Å²) in [6.45, 7) is 0.759. The zero-order valence-corrected chi connectivity index (χ0v) is 20.4. The van der Waals surface area contributed by atoms with Crippen LogP contribution in [0, 0.1) is 0 Å². The molecule has 0 atom stereocenters. The number of amides is 1. The lowest BCUT2D eigenvalue weighted by Crippen LogP contribution is -2.23. The number of hydrogen-bond acceptors (Lipinski definition) is 5. The van der Waals surface area contributed by atoms with E-state index in [4.69, 9.17) is 14.6 Å². The number of rotatable bonds is 9. The first-order chi connectivity index (χ1) is 18.2. The third-order valence-corrected chi connectivity index (χ3v) is 5.83. The van der Waals surface area contributed by atoms with E-state index in [1.807, 2.05) is 97.1 Å². The number of carbonyl (C=O) groups is 1. The van der Waals surface area contributed by atoms with E-state index >= 15 is 0 Å². The predicted octanol–water partition coefficient (Wildman–Crippen LogP) is 5.45. The first-order valence-electron chi connectivity index (χ1n) is 11.9. The maximum atomic E-state index is 13.3. The molecule has 0 radical (unpaired) electrons. The molecule has 37 heavy (non-hydrogen) atoms. The fraction of sp³-hybridized carbons (Fsp3) is 0.100. The van der Waals surface area contributed by atoms with E-state index in [0.717, 1.165) is 28.3 Å². The normalized spacial score (nSPS) is 10.6. The Morgan fingerprint density at radius 2 is 1.65 bits per heavy atom.